The third-order valence-corrected chi connectivity index (χ3v) is 6.69. The predicted octanol–water partition coefficient (Wildman–Crippen LogP) is 2.38. The van der Waals surface area contributed by atoms with E-state index < -0.39 is 18.1 Å². The molecule has 1 aromatic heterocycles. The van der Waals surface area contributed by atoms with Gasteiger partial charge in [0.15, 0.2) is 0 Å². The zero-order valence-corrected chi connectivity index (χ0v) is 19.9. The predicted molar refractivity (Wildman–Crippen MR) is 125 cm³/mol. The lowest BCUT2D eigenvalue weighted by atomic mass is 9.86. The Balaban J connectivity index is 1.91. The molecule has 7 nitrogen and oxygen atoms in total. The van der Waals surface area contributed by atoms with Gasteiger partial charge in [-0.15, -0.1) is 11.3 Å². The van der Waals surface area contributed by atoms with Crippen molar-refractivity contribution in [3.8, 4) is 5.75 Å². The molecule has 0 bridgehead atoms. The van der Waals surface area contributed by atoms with Gasteiger partial charge in [0.2, 0.25) is 5.91 Å². The van der Waals surface area contributed by atoms with Crippen LogP contribution in [0, 0.1) is 5.92 Å². The molecule has 0 saturated heterocycles. The van der Waals surface area contributed by atoms with Gasteiger partial charge in [0.05, 0.1) is 17.2 Å². The van der Waals surface area contributed by atoms with Gasteiger partial charge in [-0.3, -0.25) is 14.2 Å². The van der Waals surface area contributed by atoms with E-state index in [4.69, 9.17) is 4.74 Å². The number of amides is 1. The van der Waals surface area contributed by atoms with Crippen LogP contribution < -0.4 is 24.8 Å². The number of benzene rings is 1. The largest absolute Gasteiger partial charge is 0.463 e. The minimum atomic E-state index is -2.93. The van der Waals surface area contributed by atoms with Crippen molar-refractivity contribution in [1.82, 2.24) is 9.88 Å². The zero-order valence-electron chi connectivity index (χ0n) is 19.1. The highest BCUT2D eigenvalue weighted by molar-refractivity contribution is 7.07. The van der Waals surface area contributed by atoms with Crippen LogP contribution in [0.4, 0.5) is 8.78 Å². The highest BCUT2D eigenvalue weighted by Crippen LogP contribution is 2.23. The molecule has 0 spiro atoms. The molecule has 1 fully saturated rings. The fourth-order valence-corrected chi connectivity index (χ4v) is 4.93. The molecule has 3 rings (SSSR count). The molecule has 1 aliphatic carbocycles. The summed E-state index contributed by atoms with van der Waals surface area (Å²) in [4.78, 5) is 37.9. The number of nitrogens with one attached hydrogen (secondary N) is 1. The Hall–Kier alpha value is -3.01. The van der Waals surface area contributed by atoms with Crippen LogP contribution in [0.5, 0.6) is 5.75 Å². The third-order valence-electron chi connectivity index (χ3n) is 5.63. The van der Waals surface area contributed by atoms with Crippen LogP contribution in [0.2, 0.25) is 0 Å². The van der Waals surface area contributed by atoms with Gasteiger partial charge in [-0.2, -0.15) is 8.78 Å². The van der Waals surface area contributed by atoms with Gasteiger partial charge in [-0.1, -0.05) is 31.9 Å². The molecular formula is C24H28F2N2O5S. The number of thiazole rings is 1. The molecule has 34 heavy (non-hydrogen) atoms. The number of rotatable bonds is 8. The molecule has 10 heteroatoms. The van der Waals surface area contributed by atoms with Crippen LogP contribution in [-0.4, -0.2) is 35.7 Å². The van der Waals surface area contributed by atoms with E-state index in [0.717, 1.165) is 37.0 Å². The number of carbonyl (C=O) groups excluding carboxylic acids is 2. The number of nitrogens with zero attached hydrogens (tertiary/aromatic N) is 1. The first-order chi connectivity index (χ1) is 16.3. The number of carbonyl (C=O) groups is 2. The number of hydrogen-bond donors (Lipinski definition) is 1. The monoisotopic (exact) mass is 494 g/mol. The van der Waals surface area contributed by atoms with Gasteiger partial charge >= 0.3 is 12.6 Å². The molecule has 1 heterocycles. The maximum absolute atomic E-state index is 13.1. The molecule has 0 radical (unpaired) electrons. The Morgan fingerprint density at radius 2 is 1.94 bits per heavy atom. The van der Waals surface area contributed by atoms with E-state index in [9.17, 15) is 23.2 Å². The molecule has 0 unspecified atom stereocenters. The second-order valence-electron chi connectivity index (χ2n) is 8.12. The first kappa shape index (κ1) is 25.6. The topological polar surface area (TPSA) is 86.6 Å². The van der Waals surface area contributed by atoms with E-state index in [1.807, 2.05) is 0 Å². The lowest BCUT2D eigenvalue weighted by molar-refractivity contribution is -0.135. The van der Waals surface area contributed by atoms with Gasteiger partial charge in [0.25, 0.3) is 5.56 Å². The van der Waals surface area contributed by atoms with Gasteiger partial charge in [-0.05, 0) is 49.5 Å². The molecule has 1 N–H and O–H groups in total. The minimum Gasteiger partial charge on any atom is -0.463 e. The molecular weight excluding hydrogens is 466 g/mol. The second-order valence-corrected chi connectivity index (χ2v) is 9.18. The smallest absolute Gasteiger partial charge is 0.387 e. The van der Waals surface area contributed by atoms with Crippen LogP contribution >= 0.6 is 11.3 Å². The first-order valence-corrected chi connectivity index (χ1v) is 12.0. The fourth-order valence-electron chi connectivity index (χ4n) is 3.90. The van der Waals surface area contributed by atoms with Crippen molar-refractivity contribution in [1.29, 1.82) is 0 Å². The SMILES string of the molecule is CCOC(=O)/C=c1\s/c(=C\c2ccc(OC(F)F)cc2)c(=O)n1CC(=O)N[C@H]1CCCC[C@H]1C. The van der Waals surface area contributed by atoms with Crippen molar-refractivity contribution in [3.05, 3.63) is 49.4 Å². The van der Waals surface area contributed by atoms with E-state index in [1.165, 1.54) is 34.9 Å². The van der Waals surface area contributed by atoms with Crippen LogP contribution in [0.3, 0.4) is 0 Å². The van der Waals surface area contributed by atoms with Crippen LogP contribution in [0.15, 0.2) is 29.1 Å². The molecule has 1 amide bonds. The Bertz CT molecular complexity index is 1170. The van der Waals surface area contributed by atoms with E-state index >= 15 is 0 Å². The molecule has 1 aliphatic rings. The summed E-state index contributed by atoms with van der Waals surface area (Å²) < 4.78 is 35.8. The maximum Gasteiger partial charge on any atom is 0.387 e. The molecule has 184 valence electrons. The minimum absolute atomic E-state index is 0.000635. The lowest BCUT2D eigenvalue weighted by Crippen LogP contribution is -2.45. The Morgan fingerprint density at radius 3 is 2.59 bits per heavy atom. The van der Waals surface area contributed by atoms with E-state index in [2.05, 4.69) is 17.0 Å². The van der Waals surface area contributed by atoms with Gasteiger partial charge in [0, 0.05) is 6.04 Å². The van der Waals surface area contributed by atoms with Crippen LogP contribution in [0.25, 0.3) is 12.2 Å². The van der Waals surface area contributed by atoms with Crippen molar-refractivity contribution in [2.45, 2.75) is 58.7 Å². The summed E-state index contributed by atoms with van der Waals surface area (Å²) in [5.41, 5.74) is 0.149. The fraction of sp³-hybridized carbons (Fsp3) is 0.458. The molecule has 0 aliphatic heterocycles. The Morgan fingerprint density at radius 1 is 1.24 bits per heavy atom. The second kappa shape index (κ2) is 11.9. The summed E-state index contributed by atoms with van der Waals surface area (Å²) in [5.74, 6) is -0.542. The quantitative estimate of drug-likeness (QED) is 0.570. The standard InChI is InChI=1S/C24H28F2N2O5S/c1-3-32-22(30)13-21-28(14-20(29)27-18-7-5-4-6-15(18)2)23(31)19(34-21)12-16-8-10-17(11-9-16)33-24(25)26/h8-13,15,18,24H,3-7,14H2,1-2H3,(H,27,29)/b19-12-,21-13-/t15-,18+/m1/s1. The summed E-state index contributed by atoms with van der Waals surface area (Å²) in [5, 5.41) is 3.02. The zero-order chi connectivity index (χ0) is 24.7. The number of hydrogen-bond acceptors (Lipinski definition) is 6. The maximum atomic E-state index is 13.1. The number of esters is 1. The number of aromatic nitrogens is 1. The van der Waals surface area contributed by atoms with Crippen molar-refractivity contribution in [2.75, 3.05) is 6.61 Å². The summed E-state index contributed by atoms with van der Waals surface area (Å²) >= 11 is 1.05. The van der Waals surface area contributed by atoms with E-state index in [-0.39, 0.29) is 35.4 Å². The van der Waals surface area contributed by atoms with Crippen LogP contribution in [0.1, 0.15) is 45.1 Å². The molecule has 2 atom stereocenters. The van der Waals surface area contributed by atoms with Crippen molar-refractivity contribution < 1.29 is 27.8 Å². The van der Waals surface area contributed by atoms with Gasteiger partial charge in [-0.25, -0.2) is 4.79 Å². The Labute approximate surface area is 199 Å². The average molecular weight is 495 g/mol. The lowest BCUT2D eigenvalue weighted by Gasteiger charge is -2.29. The highest BCUT2D eigenvalue weighted by Gasteiger charge is 2.23. The Kier molecular flexibility index (Phi) is 8.98. The highest BCUT2D eigenvalue weighted by atomic mass is 32.1. The van der Waals surface area contributed by atoms with Crippen molar-refractivity contribution >= 4 is 35.4 Å². The number of halogens is 2. The summed E-state index contributed by atoms with van der Waals surface area (Å²) in [6.07, 6.45) is 6.91. The third kappa shape index (κ3) is 6.99. The molecule has 1 aromatic carbocycles. The number of ether oxygens (including phenoxy) is 2. The summed E-state index contributed by atoms with van der Waals surface area (Å²) in [6.45, 7) is 0.802. The molecule has 1 saturated carbocycles. The number of alkyl halides is 2. The van der Waals surface area contributed by atoms with Crippen molar-refractivity contribution in [2.24, 2.45) is 5.92 Å². The first-order valence-electron chi connectivity index (χ1n) is 11.2. The summed E-state index contributed by atoms with van der Waals surface area (Å²) in [6, 6.07) is 5.87. The van der Waals surface area contributed by atoms with Crippen LogP contribution in [-0.2, 0) is 20.9 Å². The van der Waals surface area contributed by atoms with Gasteiger partial charge < -0.3 is 14.8 Å². The normalized spacial score (nSPS) is 19.3. The van der Waals surface area contributed by atoms with E-state index in [0.29, 0.717) is 16.1 Å². The van der Waals surface area contributed by atoms with E-state index in [1.54, 1.807) is 13.0 Å². The van der Waals surface area contributed by atoms with Crippen molar-refractivity contribution in [3.63, 3.8) is 0 Å². The molecule has 2 aromatic rings. The summed E-state index contributed by atoms with van der Waals surface area (Å²) in [7, 11) is 0. The average Bonchev–Trinajstić information content (AvgIpc) is 3.05. The van der Waals surface area contributed by atoms with Gasteiger partial charge in [0.1, 0.15) is 17.0 Å².